The maximum absolute atomic E-state index is 13.8. The molecule has 0 amide bonds. The third kappa shape index (κ3) is 3.18. The Morgan fingerprint density at radius 2 is 2.11 bits per heavy atom. The van der Waals surface area contributed by atoms with Crippen LogP contribution in [0.15, 0.2) is 17.0 Å². The average Bonchev–Trinajstić information content (AvgIpc) is 2.30. The van der Waals surface area contributed by atoms with E-state index in [0.29, 0.717) is 6.42 Å². The van der Waals surface area contributed by atoms with Gasteiger partial charge < -0.3 is 10.8 Å². The summed E-state index contributed by atoms with van der Waals surface area (Å²) in [4.78, 5) is -0.494. The zero-order chi connectivity index (χ0) is 13.9. The van der Waals surface area contributed by atoms with Gasteiger partial charge in [0.15, 0.2) is 0 Å². The van der Waals surface area contributed by atoms with E-state index >= 15 is 0 Å². The molecule has 1 rings (SSSR count). The van der Waals surface area contributed by atoms with E-state index in [4.69, 9.17) is 10.8 Å². The Bertz CT molecular complexity index is 527. The van der Waals surface area contributed by atoms with Crippen molar-refractivity contribution in [3.8, 4) is 0 Å². The van der Waals surface area contributed by atoms with Crippen molar-refractivity contribution in [2.45, 2.75) is 31.2 Å². The van der Waals surface area contributed by atoms with Crippen LogP contribution in [0.4, 0.5) is 10.1 Å². The van der Waals surface area contributed by atoms with Crippen LogP contribution >= 0.6 is 0 Å². The number of rotatable bonds is 5. The maximum atomic E-state index is 13.8. The number of aryl methyl sites for hydroxylation is 1. The number of halogens is 1. The first-order valence-electron chi connectivity index (χ1n) is 5.50. The quantitative estimate of drug-likeness (QED) is 0.692. The Hall–Kier alpha value is -1.18. The third-order valence-corrected chi connectivity index (χ3v) is 4.09. The molecule has 0 aliphatic carbocycles. The smallest absolute Gasteiger partial charge is 0.243 e. The topological polar surface area (TPSA) is 92.4 Å². The molecule has 0 aliphatic heterocycles. The van der Waals surface area contributed by atoms with Crippen molar-refractivity contribution in [3.63, 3.8) is 0 Å². The Balaban J connectivity index is 3.20. The molecule has 0 saturated heterocycles. The minimum absolute atomic E-state index is 0.160. The molecule has 5 nitrogen and oxygen atoms in total. The molecule has 102 valence electrons. The summed E-state index contributed by atoms with van der Waals surface area (Å²) in [7, 11) is -4.02. The highest BCUT2D eigenvalue weighted by atomic mass is 32.2. The predicted molar refractivity (Wildman–Crippen MR) is 67.0 cm³/mol. The van der Waals surface area contributed by atoms with Gasteiger partial charge in [-0.3, -0.25) is 0 Å². The lowest BCUT2D eigenvalue weighted by atomic mass is 10.2. The van der Waals surface area contributed by atoms with Gasteiger partial charge in [0, 0.05) is 11.7 Å². The Morgan fingerprint density at radius 3 is 2.61 bits per heavy atom. The van der Waals surface area contributed by atoms with E-state index in [0.717, 1.165) is 6.07 Å². The summed E-state index contributed by atoms with van der Waals surface area (Å²) < 4.78 is 40.0. The zero-order valence-corrected chi connectivity index (χ0v) is 11.1. The summed E-state index contributed by atoms with van der Waals surface area (Å²) in [6.45, 7) is 2.80. The van der Waals surface area contributed by atoms with Gasteiger partial charge in [-0.2, -0.15) is 0 Å². The van der Waals surface area contributed by atoms with Crippen LogP contribution in [0, 0.1) is 12.7 Å². The molecule has 1 unspecified atom stereocenters. The molecule has 0 radical (unpaired) electrons. The van der Waals surface area contributed by atoms with Crippen molar-refractivity contribution in [2.75, 3.05) is 12.3 Å². The molecule has 0 fully saturated rings. The molecule has 0 bridgehead atoms. The molecule has 1 aromatic rings. The SMILES string of the molecule is CCC(CO)NS(=O)(=O)c1cc(N)cc(C)c1F. The number of nitrogens with two attached hydrogens (primary N) is 1. The number of nitrogens with one attached hydrogen (secondary N) is 1. The van der Waals surface area contributed by atoms with E-state index in [9.17, 15) is 12.8 Å². The summed E-state index contributed by atoms with van der Waals surface area (Å²) in [6, 6.07) is 1.78. The summed E-state index contributed by atoms with van der Waals surface area (Å²) in [5, 5.41) is 8.97. The first kappa shape index (κ1) is 14.9. The zero-order valence-electron chi connectivity index (χ0n) is 10.3. The van der Waals surface area contributed by atoms with Crippen LogP contribution in [-0.4, -0.2) is 26.2 Å². The lowest BCUT2D eigenvalue weighted by Crippen LogP contribution is -2.37. The number of nitrogen functional groups attached to an aromatic ring is 1. The first-order valence-corrected chi connectivity index (χ1v) is 6.99. The second-order valence-electron chi connectivity index (χ2n) is 4.06. The number of hydrogen-bond acceptors (Lipinski definition) is 4. The van der Waals surface area contributed by atoms with Crippen LogP contribution in [0.3, 0.4) is 0 Å². The Kier molecular flexibility index (Phi) is 4.66. The number of benzene rings is 1. The van der Waals surface area contributed by atoms with Crippen molar-refractivity contribution < 1.29 is 17.9 Å². The fourth-order valence-electron chi connectivity index (χ4n) is 1.49. The minimum Gasteiger partial charge on any atom is -0.399 e. The fourth-order valence-corrected chi connectivity index (χ4v) is 2.99. The summed E-state index contributed by atoms with van der Waals surface area (Å²) in [5.74, 6) is -0.829. The second-order valence-corrected chi connectivity index (χ2v) is 5.74. The highest BCUT2D eigenvalue weighted by molar-refractivity contribution is 7.89. The van der Waals surface area contributed by atoms with Crippen molar-refractivity contribution in [3.05, 3.63) is 23.5 Å². The lowest BCUT2D eigenvalue weighted by Gasteiger charge is -2.15. The van der Waals surface area contributed by atoms with E-state index in [1.54, 1.807) is 6.92 Å². The van der Waals surface area contributed by atoms with E-state index in [1.165, 1.54) is 13.0 Å². The van der Waals surface area contributed by atoms with Crippen molar-refractivity contribution in [2.24, 2.45) is 0 Å². The van der Waals surface area contributed by atoms with Crippen LogP contribution in [0.1, 0.15) is 18.9 Å². The normalized spacial score (nSPS) is 13.6. The van der Waals surface area contributed by atoms with E-state index < -0.39 is 26.8 Å². The molecular weight excluding hydrogens is 259 g/mol. The lowest BCUT2D eigenvalue weighted by molar-refractivity contribution is 0.253. The molecular formula is C11H17FN2O3S. The van der Waals surface area contributed by atoms with Gasteiger partial charge in [-0.15, -0.1) is 0 Å². The van der Waals surface area contributed by atoms with Gasteiger partial charge in [-0.1, -0.05) is 6.92 Å². The Labute approximate surface area is 106 Å². The van der Waals surface area contributed by atoms with Crippen molar-refractivity contribution in [1.29, 1.82) is 0 Å². The molecule has 18 heavy (non-hydrogen) atoms. The van der Waals surface area contributed by atoms with Crippen LogP contribution in [-0.2, 0) is 10.0 Å². The van der Waals surface area contributed by atoms with Crippen molar-refractivity contribution in [1.82, 2.24) is 4.72 Å². The highest BCUT2D eigenvalue weighted by Crippen LogP contribution is 2.21. The molecule has 0 saturated carbocycles. The molecule has 4 N–H and O–H groups in total. The number of hydrogen-bond donors (Lipinski definition) is 3. The van der Waals surface area contributed by atoms with Gasteiger partial charge in [-0.25, -0.2) is 17.5 Å². The molecule has 0 spiro atoms. The largest absolute Gasteiger partial charge is 0.399 e. The minimum atomic E-state index is -4.02. The monoisotopic (exact) mass is 276 g/mol. The van der Waals surface area contributed by atoms with Crippen LogP contribution < -0.4 is 10.5 Å². The molecule has 0 aromatic heterocycles. The highest BCUT2D eigenvalue weighted by Gasteiger charge is 2.23. The van der Waals surface area contributed by atoms with Gasteiger partial charge in [0.1, 0.15) is 10.7 Å². The molecule has 1 atom stereocenters. The maximum Gasteiger partial charge on any atom is 0.243 e. The summed E-state index contributed by atoms with van der Waals surface area (Å²) in [5.41, 5.74) is 5.84. The van der Waals surface area contributed by atoms with Crippen LogP contribution in [0.5, 0.6) is 0 Å². The second kappa shape index (κ2) is 5.64. The molecule has 0 heterocycles. The number of aliphatic hydroxyl groups excluding tert-OH is 1. The molecule has 7 heteroatoms. The summed E-state index contributed by atoms with van der Waals surface area (Å²) in [6.07, 6.45) is 0.401. The average molecular weight is 276 g/mol. The van der Waals surface area contributed by atoms with Crippen LogP contribution in [0.25, 0.3) is 0 Å². The van der Waals surface area contributed by atoms with Crippen LogP contribution in [0.2, 0.25) is 0 Å². The van der Waals surface area contributed by atoms with E-state index in [2.05, 4.69) is 4.72 Å². The summed E-state index contributed by atoms with van der Waals surface area (Å²) >= 11 is 0. The van der Waals surface area contributed by atoms with Gasteiger partial charge in [0.2, 0.25) is 10.0 Å². The number of aliphatic hydroxyl groups is 1. The van der Waals surface area contributed by atoms with Gasteiger partial charge in [-0.05, 0) is 31.0 Å². The van der Waals surface area contributed by atoms with Gasteiger partial charge in [0.25, 0.3) is 0 Å². The molecule has 1 aromatic carbocycles. The van der Waals surface area contributed by atoms with E-state index in [-0.39, 0.29) is 17.9 Å². The van der Waals surface area contributed by atoms with Crippen molar-refractivity contribution >= 4 is 15.7 Å². The number of anilines is 1. The molecule has 0 aliphatic rings. The number of sulfonamides is 1. The standard InChI is InChI=1S/C11H17FN2O3S/c1-3-9(6-15)14-18(16,17)10-5-8(13)4-7(2)11(10)12/h4-5,9,14-15H,3,6,13H2,1-2H3. The predicted octanol–water partition coefficient (Wildman–Crippen LogP) is 0.766. The fraction of sp³-hybridized carbons (Fsp3) is 0.455. The van der Waals surface area contributed by atoms with Gasteiger partial charge in [0.05, 0.1) is 6.61 Å². The third-order valence-electron chi connectivity index (χ3n) is 2.57. The first-order chi connectivity index (χ1) is 8.31. The Morgan fingerprint density at radius 1 is 1.50 bits per heavy atom. The van der Waals surface area contributed by atoms with E-state index in [1.807, 2.05) is 0 Å². The van der Waals surface area contributed by atoms with Gasteiger partial charge >= 0.3 is 0 Å².